The molecule has 5 nitrogen and oxygen atoms in total. The van der Waals surface area contributed by atoms with Crippen LogP contribution in [-0.4, -0.2) is 43.6 Å². The summed E-state index contributed by atoms with van der Waals surface area (Å²) in [6.45, 7) is 4.99. The standard InChI is InChI=1S/C14H21N3O2/c1-14(2)13(18)17(8-7-16(3)4)11-9-10(15)5-6-12(11)19-14/h5-6,9H,7-8,15H2,1-4H3. The van der Waals surface area contributed by atoms with Crippen molar-refractivity contribution >= 4 is 17.3 Å². The minimum Gasteiger partial charge on any atom is -0.476 e. The van der Waals surface area contributed by atoms with Gasteiger partial charge in [0.05, 0.1) is 5.69 Å². The van der Waals surface area contributed by atoms with Gasteiger partial charge in [-0.2, -0.15) is 0 Å². The van der Waals surface area contributed by atoms with Crippen LogP contribution in [0.2, 0.25) is 0 Å². The smallest absolute Gasteiger partial charge is 0.270 e. The Morgan fingerprint density at radius 1 is 1.37 bits per heavy atom. The normalized spacial score (nSPS) is 17.3. The Morgan fingerprint density at radius 2 is 2.05 bits per heavy atom. The Hall–Kier alpha value is -1.75. The number of likely N-dealkylation sites (N-methyl/N-ethyl adjacent to an activating group) is 1. The van der Waals surface area contributed by atoms with Crippen molar-refractivity contribution in [2.24, 2.45) is 0 Å². The summed E-state index contributed by atoms with van der Waals surface area (Å²) in [6, 6.07) is 5.40. The summed E-state index contributed by atoms with van der Waals surface area (Å²) in [5, 5.41) is 0. The van der Waals surface area contributed by atoms with E-state index in [-0.39, 0.29) is 5.91 Å². The minimum atomic E-state index is -0.838. The summed E-state index contributed by atoms with van der Waals surface area (Å²) in [5.41, 5.74) is 6.36. The number of hydrogen-bond donors (Lipinski definition) is 1. The second-order valence-corrected chi connectivity index (χ2v) is 5.60. The van der Waals surface area contributed by atoms with Crippen LogP contribution in [0.3, 0.4) is 0 Å². The Labute approximate surface area is 113 Å². The monoisotopic (exact) mass is 263 g/mol. The number of fused-ring (bicyclic) bond motifs is 1. The lowest BCUT2D eigenvalue weighted by Gasteiger charge is -2.39. The molecule has 1 aromatic rings. The molecule has 0 aromatic heterocycles. The number of nitrogen functional groups attached to an aromatic ring is 1. The van der Waals surface area contributed by atoms with Gasteiger partial charge in [0.1, 0.15) is 5.75 Å². The van der Waals surface area contributed by atoms with Crippen molar-refractivity contribution in [1.82, 2.24) is 4.90 Å². The van der Waals surface area contributed by atoms with Gasteiger partial charge in [-0.1, -0.05) is 0 Å². The van der Waals surface area contributed by atoms with E-state index in [1.807, 2.05) is 25.1 Å². The van der Waals surface area contributed by atoms with Crippen molar-refractivity contribution in [3.63, 3.8) is 0 Å². The molecule has 1 aliphatic heterocycles. The van der Waals surface area contributed by atoms with Gasteiger partial charge in [0.15, 0.2) is 5.60 Å². The zero-order valence-electron chi connectivity index (χ0n) is 11.9. The third-order valence-corrected chi connectivity index (χ3v) is 3.17. The molecule has 2 rings (SSSR count). The molecule has 0 spiro atoms. The number of ether oxygens (including phenoxy) is 1. The summed E-state index contributed by atoms with van der Waals surface area (Å²) < 4.78 is 5.76. The van der Waals surface area contributed by atoms with E-state index in [2.05, 4.69) is 0 Å². The number of nitrogens with two attached hydrogens (primary N) is 1. The molecule has 0 saturated carbocycles. The Bertz CT molecular complexity index is 497. The van der Waals surface area contributed by atoms with Crippen molar-refractivity contribution in [2.75, 3.05) is 37.8 Å². The van der Waals surface area contributed by atoms with Crippen LogP contribution in [-0.2, 0) is 4.79 Å². The van der Waals surface area contributed by atoms with Crippen molar-refractivity contribution in [2.45, 2.75) is 19.4 Å². The molecule has 0 radical (unpaired) electrons. The highest BCUT2D eigenvalue weighted by Crippen LogP contribution is 2.38. The third-order valence-electron chi connectivity index (χ3n) is 3.17. The first kappa shape index (κ1) is 13.7. The largest absolute Gasteiger partial charge is 0.476 e. The molecule has 1 amide bonds. The van der Waals surface area contributed by atoms with E-state index < -0.39 is 5.60 Å². The summed E-state index contributed by atoms with van der Waals surface area (Å²) in [6.07, 6.45) is 0. The second kappa shape index (κ2) is 4.74. The van der Waals surface area contributed by atoms with Gasteiger partial charge in [-0.25, -0.2) is 0 Å². The molecular formula is C14H21N3O2. The van der Waals surface area contributed by atoms with Crippen LogP contribution in [0.25, 0.3) is 0 Å². The topological polar surface area (TPSA) is 58.8 Å². The minimum absolute atomic E-state index is 0.0348. The molecule has 2 N–H and O–H groups in total. The van der Waals surface area contributed by atoms with E-state index in [4.69, 9.17) is 10.5 Å². The zero-order chi connectivity index (χ0) is 14.2. The molecule has 1 aliphatic rings. The Balaban J connectivity index is 2.39. The van der Waals surface area contributed by atoms with Gasteiger partial charge >= 0.3 is 0 Å². The molecule has 0 bridgehead atoms. The average molecular weight is 263 g/mol. The van der Waals surface area contributed by atoms with E-state index in [9.17, 15) is 4.79 Å². The van der Waals surface area contributed by atoms with Crippen molar-refractivity contribution in [3.05, 3.63) is 18.2 Å². The number of carbonyl (C=O) groups is 1. The molecule has 1 aromatic carbocycles. The lowest BCUT2D eigenvalue weighted by molar-refractivity contribution is -0.132. The maximum absolute atomic E-state index is 12.5. The van der Waals surface area contributed by atoms with Gasteiger partial charge in [0.2, 0.25) is 0 Å². The summed E-state index contributed by atoms with van der Waals surface area (Å²) in [7, 11) is 3.96. The van der Waals surface area contributed by atoms with Crippen LogP contribution in [0.1, 0.15) is 13.8 Å². The van der Waals surface area contributed by atoms with E-state index in [0.717, 1.165) is 12.2 Å². The van der Waals surface area contributed by atoms with Crippen LogP contribution in [0.5, 0.6) is 5.75 Å². The van der Waals surface area contributed by atoms with E-state index in [0.29, 0.717) is 18.0 Å². The number of anilines is 2. The summed E-state index contributed by atoms with van der Waals surface area (Å²) >= 11 is 0. The van der Waals surface area contributed by atoms with Gasteiger partial charge in [0, 0.05) is 18.8 Å². The highest BCUT2D eigenvalue weighted by atomic mass is 16.5. The third kappa shape index (κ3) is 2.66. The molecule has 5 heteroatoms. The number of amides is 1. The van der Waals surface area contributed by atoms with Crippen LogP contribution in [0.4, 0.5) is 11.4 Å². The van der Waals surface area contributed by atoms with Crippen molar-refractivity contribution < 1.29 is 9.53 Å². The van der Waals surface area contributed by atoms with E-state index in [1.54, 1.807) is 30.9 Å². The molecule has 104 valence electrons. The highest BCUT2D eigenvalue weighted by molar-refractivity contribution is 6.02. The molecule has 0 saturated heterocycles. The molecule has 19 heavy (non-hydrogen) atoms. The maximum Gasteiger partial charge on any atom is 0.270 e. The summed E-state index contributed by atoms with van der Waals surface area (Å²) in [4.78, 5) is 16.3. The lowest BCUT2D eigenvalue weighted by atomic mass is 10.0. The van der Waals surface area contributed by atoms with Crippen LogP contribution in [0, 0.1) is 0 Å². The van der Waals surface area contributed by atoms with Gasteiger partial charge in [-0.3, -0.25) is 4.79 Å². The number of benzene rings is 1. The molecule has 0 atom stereocenters. The SMILES string of the molecule is CN(C)CCN1C(=O)C(C)(C)Oc2ccc(N)cc21. The fourth-order valence-corrected chi connectivity index (χ4v) is 2.11. The Morgan fingerprint density at radius 3 is 2.68 bits per heavy atom. The zero-order valence-corrected chi connectivity index (χ0v) is 11.9. The van der Waals surface area contributed by atoms with E-state index >= 15 is 0 Å². The van der Waals surface area contributed by atoms with Gasteiger partial charge in [-0.15, -0.1) is 0 Å². The van der Waals surface area contributed by atoms with Crippen LogP contribution >= 0.6 is 0 Å². The average Bonchev–Trinajstić information content (AvgIpc) is 2.30. The van der Waals surface area contributed by atoms with Crippen LogP contribution in [0.15, 0.2) is 18.2 Å². The quantitative estimate of drug-likeness (QED) is 0.836. The highest BCUT2D eigenvalue weighted by Gasteiger charge is 2.40. The van der Waals surface area contributed by atoms with Crippen molar-refractivity contribution in [3.8, 4) is 5.75 Å². The van der Waals surface area contributed by atoms with Crippen LogP contribution < -0.4 is 15.4 Å². The molecule has 0 unspecified atom stereocenters. The number of rotatable bonds is 3. The first-order chi connectivity index (χ1) is 8.81. The number of hydrogen-bond acceptors (Lipinski definition) is 4. The van der Waals surface area contributed by atoms with Gasteiger partial charge in [-0.05, 0) is 46.1 Å². The fourth-order valence-electron chi connectivity index (χ4n) is 2.11. The predicted molar refractivity (Wildman–Crippen MR) is 76.5 cm³/mol. The predicted octanol–water partition coefficient (Wildman–Crippen LogP) is 1.33. The molecular weight excluding hydrogens is 242 g/mol. The molecule has 0 aliphatic carbocycles. The first-order valence-corrected chi connectivity index (χ1v) is 6.36. The first-order valence-electron chi connectivity index (χ1n) is 6.36. The Kier molecular flexibility index (Phi) is 3.41. The lowest BCUT2D eigenvalue weighted by Crippen LogP contribution is -2.53. The maximum atomic E-state index is 12.5. The number of carbonyl (C=O) groups excluding carboxylic acids is 1. The van der Waals surface area contributed by atoms with E-state index in [1.165, 1.54) is 0 Å². The number of nitrogens with zero attached hydrogens (tertiary/aromatic N) is 2. The fraction of sp³-hybridized carbons (Fsp3) is 0.500. The molecule has 1 heterocycles. The molecule has 0 fully saturated rings. The summed E-state index contributed by atoms with van der Waals surface area (Å²) in [5.74, 6) is 0.671. The van der Waals surface area contributed by atoms with Gasteiger partial charge in [0.25, 0.3) is 5.91 Å². The van der Waals surface area contributed by atoms with Gasteiger partial charge < -0.3 is 20.3 Å². The second-order valence-electron chi connectivity index (χ2n) is 5.60. The van der Waals surface area contributed by atoms with Crippen molar-refractivity contribution in [1.29, 1.82) is 0 Å².